The van der Waals surface area contributed by atoms with Crippen molar-refractivity contribution in [2.75, 3.05) is 56.4 Å². The fourth-order valence-electron chi connectivity index (χ4n) is 4.16. The number of carbonyl (C=O) groups excluding carboxylic acids is 1. The van der Waals surface area contributed by atoms with E-state index in [9.17, 15) is 13.2 Å². The molecule has 2 aromatic rings. The Labute approximate surface area is 184 Å². The lowest BCUT2D eigenvalue weighted by atomic mass is 10.0. The van der Waals surface area contributed by atoms with Crippen LogP contribution in [0.3, 0.4) is 0 Å². The second kappa shape index (κ2) is 9.38. The van der Waals surface area contributed by atoms with E-state index < -0.39 is 10.0 Å². The van der Waals surface area contributed by atoms with Crippen LogP contribution in [0.25, 0.3) is 0 Å². The molecule has 1 unspecified atom stereocenters. The minimum absolute atomic E-state index is 0.115. The molecular weight excluding hydrogens is 412 g/mol. The van der Waals surface area contributed by atoms with Gasteiger partial charge in [-0.15, -0.1) is 0 Å². The third kappa shape index (κ3) is 5.26. The zero-order valence-electron chi connectivity index (χ0n) is 17.9. The summed E-state index contributed by atoms with van der Waals surface area (Å²) in [4.78, 5) is 17.7. The van der Waals surface area contributed by atoms with Crippen molar-refractivity contribution in [2.45, 2.75) is 12.5 Å². The Bertz CT molecular complexity index is 987. The highest BCUT2D eigenvalue weighted by molar-refractivity contribution is 7.93. The molecule has 1 N–H and O–H groups in total. The predicted molar refractivity (Wildman–Crippen MR) is 123 cm³/mol. The quantitative estimate of drug-likeness (QED) is 0.740. The summed E-state index contributed by atoms with van der Waals surface area (Å²) < 4.78 is 25.7. The summed E-state index contributed by atoms with van der Waals surface area (Å²) in [6, 6.07) is 16.8. The van der Waals surface area contributed by atoms with Crippen LogP contribution in [0.5, 0.6) is 0 Å². The molecule has 7 nitrogen and oxygen atoms in total. The van der Waals surface area contributed by atoms with Gasteiger partial charge >= 0.3 is 0 Å². The monoisotopic (exact) mass is 442 g/mol. The molecule has 0 bridgehead atoms. The van der Waals surface area contributed by atoms with Gasteiger partial charge in [-0.05, 0) is 43.3 Å². The number of hydrogen-bond donors (Lipinski definition) is 1. The summed E-state index contributed by atoms with van der Waals surface area (Å²) in [6.45, 7) is 5.26. The molecule has 2 aliphatic heterocycles. The molecule has 8 heteroatoms. The van der Waals surface area contributed by atoms with Gasteiger partial charge in [-0.25, -0.2) is 8.42 Å². The van der Waals surface area contributed by atoms with Crippen LogP contribution in [-0.2, 0) is 10.0 Å². The number of nitrogens with one attached hydrogen (secondary N) is 1. The maximum Gasteiger partial charge on any atom is 0.251 e. The molecule has 0 spiro atoms. The Morgan fingerprint density at radius 2 is 1.65 bits per heavy atom. The van der Waals surface area contributed by atoms with Gasteiger partial charge in [0.15, 0.2) is 0 Å². The molecule has 2 fully saturated rings. The summed E-state index contributed by atoms with van der Waals surface area (Å²) >= 11 is 0. The maximum absolute atomic E-state index is 13.0. The van der Waals surface area contributed by atoms with E-state index in [0.717, 1.165) is 38.3 Å². The van der Waals surface area contributed by atoms with Crippen molar-refractivity contribution in [3.63, 3.8) is 0 Å². The molecule has 2 aliphatic rings. The van der Waals surface area contributed by atoms with Crippen LogP contribution in [0.4, 0.5) is 5.69 Å². The normalized spacial score (nSPS) is 20.5. The molecule has 1 amide bonds. The van der Waals surface area contributed by atoms with Gasteiger partial charge in [-0.3, -0.25) is 14.0 Å². The molecule has 31 heavy (non-hydrogen) atoms. The standard InChI is InChI=1S/C23H30N4O3S/c1-25-13-15-26(16-14-25)18-22(19-6-3-2-4-7-19)24-23(28)20-8-10-21(11-9-20)27-12-5-17-31(27,29)30/h2-4,6-11,22H,5,12-18H2,1H3,(H,24,28). The molecule has 4 rings (SSSR count). The third-order valence-electron chi connectivity index (χ3n) is 6.06. The molecule has 2 saturated heterocycles. The zero-order valence-corrected chi connectivity index (χ0v) is 18.7. The smallest absolute Gasteiger partial charge is 0.251 e. The van der Waals surface area contributed by atoms with Crippen molar-refractivity contribution < 1.29 is 13.2 Å². The van der Waals surface area contributed by atoms with Crippen molar-refractivity contribution in [1.82, 2.24) is 15.1 Å². The van der Waals surface area contributed by atoms with Gasteiger partial charge in [0.25, 0.3) is 5.91 Å². The first-order chi connectivity index (χ1) is 14.9. The second-order valence-corrected chi connectivity index (χ2v) is 10.3. The van der Waals surface area contributed by atoms with Crippen LogP contribution in [0.2, 0.25) is 0 Å². The van der Waals surface area contributed by atoms with Gasteiger partial charge in [0.2, 0.25) is 10.0 Å². The van der Waals surface area contributed by atoms with E-state index in [0.29, 0.717) is 24.2 Å². The molecule has 166 valence electrons. The third-order valence-corrected chi connectivity index (χ3v) is 7.93. The molecule has 0 saturated carbocycles. The van der Waals surface area contributed by atoms with Gasteiger partial charge in [0.05, 0.1) is 17.5 Å². The van der Waals surface area contributed by atoms with E-state index in [4.69, 9.17) is 0 Å². The Morgan fingerprint density at radius 1 is 0.968 bits per heavy atom. The zero-order chi connectivity index (χ0) is 21.8. The summed E-state index contributed by atoms with van der Waals surface area (Å²) in [5.74, 6) is 0.0270. The molecule has 0 radical (unpaired) electrons. The largest absolute Gasteiger partial charge is 0.344 e. The van der Waals surface area contributed by atoms with E-state index in [1.807, 2.05) is 30.3 Å². The first-order valence-corrected chi connectivity index (χ1v) is 12.4. The van der Waals surface area contributed by atoms with Crippen LogP contribution >= 0.6 is 0 Å². The number of nitrogens with zero attached hydrogens (tertiary/aromatic N) is 3. The lowest BCUT2D eigenvalue weighted by Gasteiger charge is -2.35. The van der Waals surface area contributed by atoms with E-state index in [-0.39, 0.29) is 17.7 Å². The Balaban J connectivity index is 1.47. The number of anilines is 1. The summed E-state index contributed by atoms with van der Waals surface area (Å²) in [5, 5.41) is 3.19. The second-order valence-electron chi connectivity index (χ2n) is 8.33. The minimum Gasteiger partial charge on any atom is -0.344 e. The first kappa shape index (κ1) is 21.8. The number of likely N-dealkylation sites (N-methyl/N-ethyl adjacent to an activating group) is 1. The van der Waals surface area contributed by atoms with Gasteiger partial charge in [0, 0.05) is 44.8 Å². The molecule has 0 aliphatic carbocycles. The fraction of sp³-hybridized carbons (Fsp3) is 0.435. The van der Waals surface area contributed by atoms with Crippen LogP contribution in [0, 0.1) is 0 Å². The summed E-state index contributed by atoms with van der Waals surface area (Å²) in [5.41, 5.74) is 2.22. The molecular formula is C23H30N4O3S. The van der Waals surface area contributed by atoms with Crippen LogP contribution < -0.4 is 9.62 Å². The van der Waals surface area contributed by atoms with E-state index >= 15 is 0 Å². The lowest BCUT2D eigenvalue weighted by molar-refractivity contribution is 0.0907. The van der Waals surface area contributed by atoms with Crippen LogP contribution in [-0.4, -0.2) is 76.2 Å². The van der Waals surface area contributed by atoms with Crippen LogP contribution in [0.15, 0.2) is 54.6 Å². The predicted octanol–water partition coefficient (Wildman–Crippen LogP) is 1.94. The highest BCUT2D eigenvalue weighted by atomic mass is 32.2. The number of hydrogen-bond acceptors (Lipinski definition) is 5. The van der Waals surface area contributed by atoms with Crippen molar-refractivity contribution in [3.8, 4) is 0 Å². The highest BCUT2D eigenvalue weighted by Crippen LogP contribution is 2.24. The lowest BCUT2D eigenvalue weighted by Crippen LogP contribution is -2.47. The Hall–Kier alpha value is -2.42. The van der Waals surface area contributed by atoms with Crippen LogP contribution in [0.1, 0.15) is 28.4 Å². The molecule has 2 heterocycles. The number of piperazine rings is 1. The number of rotatable bonds is 6. The Morgan fingerprint density at radius 3 is 2.26 bits per heavy atom. The van der Waals surface area contributed by atoms with Gasteiger partial charge in [-0.2, -0.15) is 0 Å². The van der Waals surface area contributed by atoms with Gasteiger partial charge < -0.3 is 10.2 Å². The van der Waals surface area contributed by atoms with E-state index in [1.165, 1.54) is 4.31 Å². The maximum atomic E-state index is 13.0. The number of benzene rings is 2. The highest BCUT2D eigenvalue weighted by Gasteiger charge is 2.28. The number of carbonyl (C=O) groups is 1. The topological polar surface area (TPSA) is 73.0 Å². The average molecular weight is 443 g/mol. The first-order valence-electron chi connectivity index (χ1n) is 10.8. The van der Waals surface area contributed by atoms with E-state index in [2.05, 4.69) is 22.2 Å². The SMILES string of the molecule is CN1CCN(CC(NC(=O)c2ccc(N3CCCS3(=O)=O)cc2)c2ccccc2)CC1. The minimum atomic E-state index is -3.22. The van der Waals surface area contributed by atoms with E-state index in [1.54, 1.807) is 24.3 Å². The number of sulfonamides is 1. The van der Waals surface area contributed by atoms with Crippen molar-refractivity contribution in [3.05, 3.63) is 65.7 Å². The Kier molecular flexibility index (Phi) is 6.60. The van der Waals surface area contributed by atoms with Crippen molar-refractivity contribution in [1.29, 1.82) is 0 Å². The van der Waals surface area contributed by atoms with Gasteiger partial charge in [0.1, 0.15) is 0 Å². The number of amides is 1. The van der Waals surface area contributed by atoms with Crippen molar-refractivity contribution in [2.24, 2.45) is 0 Å². The average Bonchev–Trinajstić information content (AvgIpc) is 3.14. The van der Waals surface area contributed by atoms with Crippen molar-refractivity contribution >= 4 is 21.6 Å². The molecule has 1 atom stereocenters. The van der Waals surface area contributed by atoms with Gasteiger partial charge in [-0.1, -0.05) is 30.3 Å². The molecule has 2 aromatic carbocycles. The summed E-state index contributed by atoms with van der Waals surface area (Å²) in [7, 11) is -1.09. The summed E-state index contributed by atoms with van der Waals surface area (Å²) in [6.07, 6.45) is 0.635. The fourth-order valence-corrected chi connectivity index (χ4v) is 5.72. The molecule has 0 aromatic heterocycles.